The number of carbonyl (C=O) groups is 2. The molecule has 0 radical (unpaired) electrons. The van der Waals surface area contributed by atoms with E-state index in [0.717, 1.165) is 4.90 Å². The lowest BCUT2D eigenvalue weighted by Gasteiger charge is -2.22. The Morgan fingerprint density at radius 3 is 2.35 bits per heavy atom. The van der Waals surface area contributed by atoms with Crippen LogP contribution in [0.1, 0.15) is 22.9 Å². The van der Waals surface area contributed by atoms with E-state index in [-0.39, 0.29) is 22.6 Å². The second-order valence-corrected chi connectivity index (χ2v) is 7.26. The van der Waals surface area contributed by atoms with Crippen LogP contribution >= 0.6 is 11.6 Å². The lowest BCUT2D eigenvalue weighted by Crippen LogP contribution is -2.29. The highest BCUT2D eigenvalue weighted by molar-refractivity contribution is 6.51. The van der Waals surface area contributed by atoms with E-state index in [9.17, 15) is 24.8 Å². The number of ketones is 1. The molecule has 0 saturated carbocycles. The molecule has 0 bridgehead atoms. The second-order valence-electron chi connectivity index (χ2n) is 6.82. The third-order valence-electron chi connectivity index (χ3n) is 4.84. The Kier molecular flexibility index (Phi) is 5.04. The zero-order valence-electron chi connectivity index (χ0n) is 16.0. The highest BCUT2D eigenvalue weighted by Gasteiger charge is 2.48. The summed E-state index contributed by atoms with van der Waals surface area (Å²) in [6.45, 7) is 1.63. The summed E-state index contributed by atoms with van der Waals surface area (Å²) in [7, 11) is 0. The van der Waals surface area contributed by atoms with Gasteiger partial charge in [0.25, 0.3) is 11.5 Å². The number of halogens is 1. The SMILES string of the molecule is Cc1cc(N2C(=O)C(=O)/C(=C(/O)c3ccc(Cl)cc3)[C@@H]2c2ccc([N+](=O)[O-])cc2)no1. The molecule has 2 heterocycles. The highest BCUT2D eigenvalue weighted by atomic mass is 35.5. The number of aryl methyl sites for hydroxylation is 1. The Morgan fingerprint density at radius 1 is 1.16 bits per heavy atom. The summed E-state index contributed by atoms with van der Waals surface area (Å²) in [5, 5.41) is 26.2. The first-order valence-corrected chi connectivity index (χ1v) is 9.40. The first kappa shape index (κ1) is 20.3. The number of Topliss-reactive ketones (excluding diaryl/α,β-unsaturated/α-hetero) is 1. The number of nitro benzene ring substituents is 1. The fourth-order valence-corrected chi connectivity index (χ4v) is 3.52. The monoisotopic (exact) mass is 439 g/mol. The fourth-order valence-electron chi connectivity index (χ4n) is 3.39. The standard InChI is InChI=1S/C21H14ClN3O6/c1-11-10-16(23-31-11)24-18(12-4-8-15(9-5-12)25(29)30)17(20(27)21(24)28)19(26)13-2-6-14(22)7-3-13/h2-10,18,26H,1H3/b19-17+/t18-/m0/s1. The lowest BCUT2D eigenvalue weighted by atomic mass is 9.95. The van der Waals surface area contributed by atoms with Crippen molar-refractivity contribution in [3.8, 4) is 0 Å². The van der Waals surface area contributed by atoms with Crippen LogP contribution in [0.25, 0.3) is 5.76 Å². The van der Waals surface area contributed by atoms with Gasteiger partial charge in [0.15, 0.2) is 5.82 Å². The van der Waals surface area contributed by atoms with Gasteiger partial charge in [0.2, 0.25) is 0 Å². The molecule has 1 atom stereocenters. The number of hydrogen-bond acceptors (Lipinski definition) is 7. The van der Waals surface area contributed by atoms with Gasteiger partial charge in [-0.15, -0.1) is 0 Å². The fraction of sp³-hybridized carbons (Fsp3) is 0.0952. The number of amides is 1. The molecule has 0 aliphatic carbocycles. The molecule has 9 nitrogen and oxygen atoms in total. The van der Waals surface area contributed by atoms with Crippen molar-refractivity contribution in [2.45, 2.75) is 13.0 Å². The molecule has 0 unspecified atom stereocenters. The van der Waals surface area contributed by atoms with Crippen LogP contribution in [-0.2, 0) is 9.59 Å². The Bertz CT molecular complexity index is 1230. The number of aliphatic hydroxyl groups is 1. The molecular weight excluding hydrogens is 426 g/mol. The molecule has 10 heteroatoms. The minimum atomic E-state index is -1.07. The van der Waals surface area contributed by atoms with Crippen LogP contribution in [0.4, 0.5) is 11.5 Å². The Hall–Kier alpha value is -3.98. The van der Waals surface area contributed by atoms with Crippen LogP contribution in [0.3, 0.4) is 0 Å². The molecule has 1 saturated heterocycles. The highest BCUT2D eigenvalue weighted by Crippen LogP contribution is 2.42. The topological polar surface area (TPSA) is 127 Å². The summed E-state index contributed by atoms with van der Waals surface area (Å²) in [6, 6.07) is 11.9. The maximum Gasteiger partial charge on any atom is 0.301 e. The maximum atomic E-state index is 12.9. The summed E-state index contributed by atoms with van der Waals surface area (Å²) in [5.74, 6) is -1.74. The number of anilines is 1. The molecule has 4 rings (SSSR count). The van der Waals surface area contributed by atoms with Gasteiger partial charge in [-0.1, -0.05) is 16.8 Å². The molecule has 0 spiro atoms. The molecule has 1 amide bonds. The molecule has 1 aliphatic rings. The summed E-state index contributed by atoms with van der Waals surface area (Å²) in [4.78, 5) is 37.4. The van der Waals surface area contributed by atoms with Crippen molar-refractivity contribution in [2.24, 2.45) is 0 Å². The number of carbonyl (C=O) groups excluding carboxylic acids is 2. The quantitative estimate of drug-likeness (QED) is 0.212. The van der Waals surface area contributed by atoms with Crippen LogP contribution in [0.15, 0.2) is 64.7 Å². The van der Waals surface area contributed by atoms with E-state index in [4.69, 9.17) is 16.1 Å². The number of benzene rings is 2. The number of aliphatic hydroxyl groups excluding tert-OH is 1. The van der Waals surface area contributed by atoms with Crippen molar-refractivity contribution in [1.82, 2.24) is 5.16 Å². The summed E-state index contributed by atoms with van der Waals surface area (Å²) < 4.78 is 5.05. The third-order valence-corrected chi connectivity index (χ3v) is 5.10. The van der Waals surface area contributed by atoms with Gasteiger partial charge in [-0.3, -0.25) is 24.6 Å². The molecule has 2 aromatic carbocycles. The first-order valence-electron chi connectivity index (χ1n) is 9.02. The Morgan fingerprint density at radius 2 is 1.81 bits per heavy atom. The van der Waals surface area contributed by atoms with Gasteiger partial charge in [-0.2, -0.15) is 0 Å². The van der Waals surface area contributed by atoms with Gasteiger partial charge in [-0.25, -0.2) is 0 Å². The smallest absolute Gasteiger partial charge is 0.301 e. The zero-order valence-corrected chi connectivity index (χ0v) is 16.7. The van der Waals surface area contributed by atoms with E-state index in [1.807, 2.05) is 0 Å². The van der Waals surface area contributed by atoms with Crippen molar-refractivity contribution in [3.05, 3.63) is 92.2 Å². The van der Waals surface area contributed by atoms with E-state index < -0.39 is 28.4 Å². The first-order chi connectivity index (χ1) is 14.8. The molecule has 1 fully saturated rings. The summed E-state index contributed by atoms with van der Waals surface area (Å²) in [5.41, 5.74) is 0.323. The predicted molar refractivity (Wildman–Crippen MR) is 111 cm³/mol. The van der Waals surface area contributed by atoms with Crippen LogP contribution in [0.2, 0.25) is 5.02 Å². The minimum Gasteiger partial charge on any atom is -0.507 e. The van der Waals surface area contributed by atoms with E-state index in [1.54, 1.807) is 6.92 Å². The van der Waals surface area contributed by atoms with Crippen LogP contribution < -0.4 is 4.90 Å². The predicted octanol–water partition coefficient (Wildman–Crippen LogP) is 4.17. The van der Waals surface area contributed by atoms with Gasteiger partial charge in [0.05, 0.1) is 16.5 Å². The third kappa shape index (κ3) is 3.55. The summed E-state index contributed by atoms with van der Waals surface area (Å²) in [6.07, 6.45) is 0. The number of nitrogens with zero attached hydrogens (tertiary/aromatic N) is 3. The van der Waals surface area contributed by atoms with Crippen molar-refractivity contribution in [1.29, 1.82) is 0 Å². The largest absolute Gasteiger partial charge is 0.507 e. The van der Waals surface area contributed by atoms with Gasteiger partial charge in [0, 0.05) is 28.8 Å². The van der Waals surface area contributed by atoms with E-state index >= 15 is 0 Å². The van der Waals surface area contributed by atoms with Crippen molar-refractivity contribution >= 4 is 40.6 Å². The minimum absolute atomic E-state index is 0.0816. The number of non-ortho nitro benzene ring substituents is 1. The average Bonchev–Trinajstić information content (AvgIpc) is 3.29. The number of nitro groups is 1. The maximum absolute atomic E-state index is 12.9. The molecule has 1 N–H and O–H groups in total. The Labute approximate surface area is 180 Å². The molecule has 156 valence electrons. The average molecular weight is 440 g/mol. The second kappa shape index (κ2) is 7.69. The van der Waals surface area contributed by atoms with Crippen molar-refractivity contribution in [2.75, 3.05) is 4.90 Å². The van der Waals surface area contributed by atoms with Crippen molar-refractivity contribution in [3.63, 3.8) is 0 Å². The molecule has 31 heavy (non-hydrogen) atoms. The molecule has 1 aromatic heterocycles. The van der Waals surface area contributed by atoms with Crippen LogP contribution in [0.5, 0.6) is 0 Å². The van der Waals surface area contributed by atoms with E-state index in [1.165, 1.54) is 54.6 Å². The zero-order chi connectivity index (χ0) is 22.3. The lowest BCUT2D eigenvalue weighted by molar-refractivity contribution is -0.384. The van der Waals surface area contributed by atoms with Gasteiger partial charge >= 0.3 is 5.91 Å². The number of aromatic nitrogens is 1. The Balaban J connectivity index is 1.92. The molecule has 3 aromatic rings. The van der Waals surface area contributed by atoms with Gasteiger partial charge in [-0.05, 0) is 48.9 Å². The normalized spacial score (nSPS) is 17.9. The molecular formula is C21H14ClN3O6. The van der Waals surface area contributed by atoms with Crippen molar-refractivity contribution < 1.29 is 24.1 Å². The van der Waals surface area contributed by atoms with Crippen LogP contribution in [0, 0.1) is 17.0 Å². The van der Waals surface area contributed by atoms with Gasteiger partial charge in [0.1, 0.15) is 11.5 Å². The summed E-state index contributed by atoms with van der Waals surface area (Å²) >= 11 is 5.90. The van der Waals surface area contributed by atoms with E-state index in [2.05, 4.69) is 5.16 Å². The van der Waals surface area contributed by atoms with Gasteiger partial charge < -0.3 is 9.63 Å². The molecule has 1 aliphatic heterocycles. The number of rotatable bonds is 4. The number of hydrogen-bond donors (Lipinski definition) is 1. The van der Waals surface area contributed by atoms with Crippen LogP contribution in [-0.4, -0.2) is 26.9 Å². The van der Waals surface area contributed by atoms with E-state index in [0.29, 0.717) is 16.3 Å².